The Morgan fingerprint density at radius 3 is 2.38 bits per heavy atom. The fourth-order valence-electron chi connectivity index (χ4n) is 2.52. The second-order valence-corrected chi connectivity index (χ2v) is 5.02. The summed E-state index contributed by atoms with van der Waals surface area (Å²) >= 11 is 0. The molecule has 3 rings (SSSR count). The summed E-state index contributed by atoms with van der Waals surface area (Å²) in [6.45, 7) is 0. The molecule has 0 bridgehead atoms. The molecule has 0 aliphatic rings. The first-order chi connectivity index (χ1) is 11.4. The Kier molecular flexibility index (Phi) is 3.84. The van der Waals surface area contributed by atoms with Crippen molar-refractivity contribution in [2.24, 2.45) is 0 Å². The van der Waals surface area contributed by atoms with Crippen molar-refractivity contribution in [2.75, 3.05) is 7.11 Å². The standard InChI is InChI=1S/C17H10F3NO3/c1-24-17(22)9-2-3-15-12(6-9)11(4-5-21(15)23)16-13(19)7-10(18)8-14(16)20/h2-8H,1H3. The van der Waals surface area contributed by atoms with Crippen LogP contribution in [-0.4, -0.2) is 13.1 Å². The van der Waals surface area contributed by atoms with Crippen LogP contribution in [-0.2, 0) is 4.74 Å². The predicted octanol–water partition coefficient (Wildman–Crippen LogP) is 3.34. The lowest BCUT2D eigenvalue weighted by Gasteiger charge is -2.10. The molecule has 0 N–H and O–H groups in total. The number of benzene rings is 2. The molecular formula is C17H10F3NO3. The van der Waals surface area contributed by atoms with Gasteiger partial charge < -0.3 is 9.94 Å². The number of ether oxygens (including phenoxy) is 1. The molecule has 122 valence electrons. The van der Waals surface area contributed by atoms with E-state index in [2.05, 4.69) is 4.74 Å². The van der Waals surface area contributed by atoms with E-state index in [0.29, 0.717) is 16.9 Å². The minimum atomic E-state index is -1.11. The average molecular weight is 333 g/mol. The van der Waals surface area contributed by atoms with E-state index < -0.39 is 29.0 Å². The number of esters is 1. The van der Waals surface area contributed by atoms with Crippen molar-refractivity contribution in [3.8, 4) is 11.1 Å². The lowest BCUT2D eigenvalue weighted by molar-refractivity contribution is -0.576. The van der Waals surface area contributed by atoms with Gasteiger partial charge in [0.25, 0.3) is 0 Å². The van der Waals surface area contributed by atoms with Crippen molar-refractivity contribution in [2.45, 2.75) is 0 Å². The second kappa shape index (κ2) is 5.84. The van der Waals surface area contributed by atoms with Gasteiger partial charge in [0, 0.05) is 29.8 Å². The number of carbonyl (C=O) groups is 1. The Balaban J connectivity index is 2.36. The van der Waals surface area contributed by atoms with Crippen LogP contribution >= 0.6 is 0 Å². The molecule has 1 heterocycles. The van der Waals surface area contributed by atoms with Crippen LogP contribution in [0.4, 0.5) is 13.2 Å². The van der Waals surface area contributed by atoms with Gasteiger partial charge >= 0.3 is 5.97 Å². The number of fused-ring (bicyclic) bond motifs is 1. The van der Waals surface area contributed by atoms with E-state index in [1.165, 1.54) is 31.4 Å². The highest BCUT2D eigenvalue weighted by Gasteiger charge is 2.20. The number of rotatable bonds is 2. The van der Waals surface area contributed by atoms with E-state index in [0.717, 1.165) is 6.20 Å². The Morgan fingerprint density at radius 2 is 1.75 bits per heavy atom. The van der Waals surface area contributed by atoms with Crippen LogP contribution in [0, 0.1) is 22.7 Å². The minimum absolute atomic E-state index is 0.0258. The summed E-state index contributed by atoms with van der Waals surface area (Å²) in [5.74, 6) is -3.94. The van der Waals surface area contributed by atoms with Crippen LogP contribution in [0.3, 0.4) is 0 Å². The maximum atomic E-state index is 14.1. The summed E-state index contributed by atoms with van der Waals surface area (Å²) in [4.78, 5) is 11.7. The van der Waals surface area contributed by atoms with Crippen LogP contribution in [0.2, 0.25) is 0 Å². The molecule has 24 heavy (non-hydrogen) atoms. The molecule has 0 unspecified atom stereocenters. The van der Waals surface area contributed by atoms with Crippen LogP contribution in [0.1, 0.15) is 10.4 Å². The molecule has 2 aromatic carbocycles. The molecule has 0 amide bonds. The zero-order chi connectivity index (χ0) is 17.4. The maximum absolute atomic E-state index is 14.1. The summed E-state index contributed by atoms with van der Waals surface area (Å²) in [5.41, 5.74) is -0.245. The normalized spacial score (nSPS) is 10.8. The van der Waals surface area contributed by atoms with Gasteiger partial charge in [-0.05, 0) is 12.1 Å². The lowest BCUT2D eigenvalue weighted by Crippen LogP contribution is -2.26. The van der Waals surface area contributed by atoms with Gasteiger partial charge in [0.1, 0.15) is 17.5 Å². The number of halogens is 3. The first-order valence-electron chi connectivity index (χ1n) is 6.81. The third-order valence-corrected chi connectivity index (χ3v) is 3.60. The highest BCUT2D eigenvalue weighted by atomic mass is 19.1. The van der Waals surface area contributed by atoms with Crippen molar-refractivity contribution in [3.63, 3.8) is 0 Å². The van der Waals surface area contributed by atoms with Crippen molar-refractivity contribution < 1.29 is 27.4 Å². The Bertz CT molecular complexity index is 950. The number of pyridine rings is 1. The highest BCUT2D eigenvalue weighted by molar-refractivity contribution is 5.99. The van der Waals surface area contributed by atoms with Crippen LogP contribution in [0.25, 0.3) is 22.0 Å². The molecule has 0 fully saturated rings. The molecule has 0 radical (unpaired) electrons. The number of methoxy groups -OCH3 is 1. The van der Waals surface area contributed by atoms with Gasteiger partial charge in [-0.2, -0.15) is 4.73 Å². The third kappa shape index (κ3) is 2.54. The Labute approximate surface area is 134 Å². The monoisotopic (exact) mass is 333 g/mol. The molecule has 3 aromatic rings. The summed E-state index contributed by atoms with van der Waals surface area (Å²) in [6.07, 6.45) is 1.08. The zero-order valence-electron chi connectivity index (χ0n) is 12.3. The van der Waals surface area contributed by atoms with E-state index in [9.17, 15) is 23.2 Å². The van der Waals surface area contributed by atoms with Crippen molar-refractivity contribution >= 4 is 16.9 Å². The van der Waals surface area contributed by atoms with E-state index in [4.69, 9.17) is 0 Å². The van der Waals surface area contributed by atoms with Gasteiger partial charge in [-0.3, -0.25) is 0 Å². The molecule has 0 aliphatic heterocycles. The van der Waals surface area contributed by atoms with Crippen LogP contribution in [0.5, 0.6) is 0 Å². The summed E-state index contributed by atoms with van der Waals surface area (Å²) in [7, 11) is 1.19. The highest BCUT2D eigenvalue weighted by Crippen LogP contribution is 2.32. The first kappa shape index (κ1) is 15.8. The van der Waals surface area contributed by atoms with Crippen molar-refractivity contribution in [3.05, 3.63) is 70.8 Å². The molecule has 7 heteroatoms. The SMILES string of the molecule is COC(=O)c1ccc2c(c1)c(-c1c(F)cc(F)cc1F)cc[n+]2[O-]. The van der Waals surface area contributed by atoms with Crippen molar-refractivity contribution in [1.29, 1.82) is 0 Å². The Hall–Kier alpha value is -3.09. The number of nitrogens with zero attached hydrogens (tertiary/aromatic N) is 1. The molecule has 4 nitrogen and oxygen atoms in total. The van der Waals surface area contributed by atoms with Gasteiger partial charge in [0.15, 0.2) is 6.20 Å². The topological polar surface area (TPSA) is 53.2 Å². The van der Waals surface area contributed by atoms with E-state index in [1.54, 1.807) is 0 Å². The molecule has 0 aliphatic carbocycles. The molecular weight excluding hydrogens is 323 g/mol. The fourth-order valence-corrected chi connectivity index (χ4v) is 2.52. The minimum Gasteiger partial charge on any atom is -0.618 e. The van der Waals surface area contributed by atoms with E-state index in [-0.39, 0.29) is 22.0 Å². The van der Waals surface area contributed by atoms with Gasteiger partial charge in [0.05, 0.1) is 23.6 Å². The van der Waals surface area contributed by atoms with E-state index >= 15 is 0 Å². The molecule has 0 atom stereocenters. The van der Waals surface area contributed by atoms with Gasteiger partial charge in [-0.15, -0.1) is 0 Å². The summed E-state index contributed by atoms with van der Waals surface area (Å²) < 4.78 is 46.4. The molecule has 0 spiro atoms. The quantitative estimate of drug-likeness (QED) is 0.411. The first-order valence-corrected chi connectivity index (χ1v) is 6.81. The number of hydrogen-bond acceptors (Lipinski definition) is 3. The summed E-state index contributed by atoms with van der Waals surface area (Å²) in [6, 6.07) is 6.31. The maximum Gasteiger partial charge on any atom is 0.337 e. The lowest BCUT2D eigenvalue weighted by atomic mass is 9.98. The number of carbonyl (C=O) groups excluding carboxylic acids is 1. The van der Waals surface area contributed by atoms with Crippen molar-refractivity contribution in [1.82, 2.24) is 0 Å². The number of aromatic nitrogens is 1. The van der Waals surface area contributed by atoms with Gasteiger partial charge in [-0.25, -0.2) is 18.0 Å². The van der Waals surface area contributed by atoms with Crippen LogP contribution < -0.4 is 4.73 Å². The van der Waals surface area contributed by atoms with Crippen LogP contribution in [0.15, 0.2) is 42.6 Å². The van der Waals surface area contributed by atoms with Gasteiger partial charge in [-0.1, -0.05) is 0 Å². The number of hydrogen-bond donors (Lipinski definition) is 0. The van der Waals surface area contributed by atoms with Gasteiger partial charge in [0.2, 0.25) is 5.52 Å². The largest absolute Gasteiger partial charge is 0.618 e. The molecule has 1 aromatic heterocycles. The predicted molar refractivity (Wildman–Crippen MR) is 79.6 cm³/mol. The van der Waals surface area contributed by atoms with E-state index in [1.807, 2.05) is 0 Å². The zero-order valence-corrected chi connectivity index (χ0v) is 12.3. The third-order valence-electron chi connectivity index (χ3n) is 3.60. The Morgan fingerprint density at radius 1 is 1.08 bits per heavy atom. The average Bonchev–Trinajstić information content (AvgIpc) is 2.55. The fraction of sp³-hybridized carbons (Fsp3) is 0.0588. The molecule has 0 saturated carbocycles. The molecule has 0 saturated heterocycles. The second-order valence-electron chi connectivity index (χ2n) is 5.02. The summed E-state index contributed by atoms with van der Waals surface area (Å²) in [5, 5.41) is 12.0. The smallest absolute Gasteiger partial charge is 0.337 e.